The molecule has 0 bridgehead atoms. The predicted octanol–water partition coefficient (Wildman–Crippen LogP) is 2.29. The van der Waals surface area contributed by atoms with Crippen LogP contribution in [0, 0.1) is 42.8 Å². The number of hydrogen-bond donors (Lipinski definition) is 1. The van der Waals surface area contributed by atoms with Gasteiger partial charge >= 0.3 is 5.97 Å². The zero-order valence-corrected chi connectivity index (χ0v) is 8.68. The van der Waals surface area contributed by atoms with Gasteiger partial charge in [-0.3, -0.25) is 4.79 Å². The van der Waals surface area contributed by atoms with Gasteiger partial charge < -0.3 is 5.11 Å². The minimum Gasteiger partial charge on any atom is -0.481 e. The Morgan fingerprint density at radius 1 is 1.36 bits per heavy atom. The molecule has 0 fully saturated rings. The van der Waals surface area contributed by atoms with E-state index in [1.807, 2.05) is 0 Å². The van der Waals surface area contributed by atoms with Crippen LogP contribution in [0.25, 0.3) is 0 Å². The van der Waals surface area contributed by atoms with Gasteiger partial charge in [0.25, 0.3) is 0 Å². The molecule has 0 amide bonds. The second kappa shape index (κ2) is 8.80. The van der Waals surface area contributed by atoms with Crippen LogP contribution in [0.15, 0.2) is 0 Å². The van der Waals surface area contributed by atoms with Crippen LogP contribution < -0.4 is 0 Å². The van der Waals surface area contributed by atoms with Gasteiger partial charge in [-0.2, -0.15) is 0 Å². The van der Waals surface area contributed by atoms with E-state index in [9.17, 15) is 4.79 Å². The molecule has 0 aromatic carbocycles. The Morgan fingerprint density at radius 3 is 2.27 bits per heavy atom. The maximum atomic E-state index is 10.0. The summed E-state index contributed by atoms with van der Waals surface area (Å²) in [6.07, 6.45) is 3.34. The molecule has 0 aromatic rings. The molecule has 2 nitrogen and oxygen atoms in total. The summed E-state index contributed by atoms with van der Waals surface area (Å²) in [6, 6.07) is 0. The topological polar surface area (TPSA) is 37.3 Å². The van der Waals surface area contributed by atoms with E-state index in [1.54, 1.807) is 0 Å². The number of aliphatic carboxylic acids is 1. The summed E-state index contributed by atoms with van der Waals surface area (Å²) in [5.74, 6) is 0.0255. The van der Waals surface area contributed by atoms with E-state index in [4.69, 9.17) is 5.11 Å². The first kappa shape index (κ1) is 14.2. The molecule has 75 valence electrons. The van der Waals surface area contributed by atoms with Crippen molar-refractivity contribution in [3.63, 3.8) is 0 Å². The Morgan fingerprint density at radius 2 is 1.91 bits per heavy atom. The molecule has 0 aliphatic carbocycles. The molecule has 0 heterocycles. The second-order valence-corrected chi connectivity index (χ2v) is 3.03. The standard InChI is InChI=1S/C8H16O2.Lu/c1-7(2)5-3-4-6-8(9)10;/h7H,3-6H2,1-2H3,(H,9,10);. The minimum absolute atomic E-state index is 0. The SMILES string of the molecule is CC(C)CCCCC(=O)O.[Lu]. The van der Waals surface area contributed by atoms with Crippen LogP contribution >= 0.6 is 0 Å². The van der Waals surface area contributed by atoms with Crippen molar-refractivity contribution < 1.29 is 46.8 Å². The summed E-state index contributed by atoms with van der Waals surface area (Å²) in [5.41, 5.74) is 0. The molecule has 0 unspecified atom stereocenters. The smallest absolute Gasteiger partial charge is 0.303 e. The Hall–Kier alpha value is 0.704. The zero-order chi connectivity index (χ0) is 7.98. The van der Waals surface area contributed by atoms with Gasteiger partial charge in [-0.05, 0) is 12.3 Å². The van der Waals surface area contributed by atoms with E-state index in [-0.39, 0.29) is 36.9 Å². The fourth-order valence-corrected chi connectivity index (χ4v) is 0.829. The van der Waals surface area contributed by atoms with Gasteiger partial charge in [0.15, 0.2) is 0 Å². The van der Waals surface area contributed by atoms with Crippen molar-refractivity contribution in [1.82, 2.24) is 0 Å². The van der Waals surface area contributed by atoms with Crippen molar-refractivity contribution in [2.45, 2.75) is 39.5 Å². The first-order valence-corrected chi connectivity index (χ1v) is 3.84. The quantitative estimate of drug-likeness (QED) is 0.790. The van der Waals surface area contributed by atoms with Crippen molar-refractivity contribution in [3.8, 4) is 0 Å². The molecule has 1 radical (unpaired) electrons. The average Bonchev–Trinajstić information content (AvgIpc) is 1.79. The number of carboxylic acid groups (broad SMARTS) is 1. The molecule has 3 heteroatoms. The third kappa shape index (κ3) is 13.7. The van der Waals surface area contributed by atoms with Gasteiger partial charge in [0, 0.05) is 43.3 Å². The van der Waals surface area contributed by atoms with Crippen molar-refractivity contribution in [2.24, 2.45) is 5.92 Å². The Kier molecular flexibility index (Phi) is 11.4. The molecule has 0 aliphatic heterocycles. The number of carboxylic acids is 1. The molecule has 1 N–H and O–H groups in total. The number of unbranched alkanes of at least 4 members (excludes halogenated alkanes) is 1. The third-order valence-corrected chi connectivity index (χ3v) is 1.42. The summed E-state index contributed by atoms with van der Waals surface area (Å²) in [5, 5.41) is 8.28. The van der Waals surface area contributed by atoms with Crippen LogP contribution in [0.3, 0.4) is 0 Å². The molecule has 0 aliphatic rings. The van der Waals surface area contributed by atoms with Crippen LogP contribution in [-0.4, -0.2) is 11.1 Å². The van der Waals surface area contributed by atoms with Crippen LogP contribution in [0.5, 0.6) is 0 Å². The van der Waals surface area contributed by atoms with Gasteiger partial charge in [0.05, 0.1) is 0 Å². The fraction of sp³-hybridized carbons (Fsp3) is 0.875. The molecule has 0 saturated carbocycles. The fourth-order valence-electron chi connectivity index (χ4n) is 0.829. The van der Waals surface area contributed by atoms with Crippen molar-refractivity contribution in [2.75, 3.05) is 0 Å². The summed E-state index contributed by atoms with van der Waals surface area (Å²) < 4.78 is 0. The molecule has 0 aromatic heterocycles. The van der Waals surface area contributed by atoms with Gasteiger partial charge in [-0.1, -0.05) is 26.7 Å². The summed E-state index contributed by atoms with van der Waals surface area (Å²) >= 11 is 0. The Balaban J connectivity index is 0. The van der Waals surface area contributed by atoms with Gasteiger partial charge in [0.2, 0.25) is 0 Å². The zero-order valence-electron chi connectivity index (χ0n) is 7.02. The number of hydrogen-bond acceptors (Lipinski definition) is 1. The van der Waals surface area contributed by atoms with Gasteiger partial charge in [-0.15, -0.1) is 0 Å². The molecule has 0 rings (SSSR count). The van der Waals surface area contributed by atoms with Gasteiger partial charge in [0.1, 0.15) is 0 Å². The third-order valence-electron chi connectivity index (χ3n) is 1.42. The largest absolute Gasteiger partial charge is 0.481 e. The van der Waals surface area contributed by atoms with Crippen LogP contribution in [-0.2, 0) is 4.79 Å². The van der Waals surface area contributed by atoms with Gasteiger partial charge in [-0.25, -0.2) is 0 Å². The molecular weight excluding hydrogens is 303 g/mol. The molecule has 11 heavy (non-hydrogen) atoms. The van der Waals surface area contributed by atoms with Crippen molar-refractivity contribution in [3.05, 3.63) is 0 Å². The van der Waals surface area contributed by atoms with Crippen LogP contribution in [0.2, 0.25) is 0 Å². The van der Waals surface area contributed by atoms with E-state index in [1.165, 1.54) is 0 Å². The van der Waals surface area contributed by atoms with Crippen molar-refractivity contribution in [1.29, 1.82) is 0 Å². The van der Waals surface area contributed by atoms with Crippen molar-refractivity contribution >= 4 is 5.97 Å². The van der Waals surface area contributed by atoms with E-state index in [2.05, 4.69) is 13.8 Å². The molecular formula is C8H16LuO2. The molecule has 0 atom stereocenters. The summed E-state index contributed by atoms with van der Waals surface area (Å²) in [6.45, 7) is 4.31. The number of rotatable bonds is 5. The first-order chi connectivity index (χ1) is 4.63. The summed E-state index contributed by atoms with van der Waals surface area (Å²) in [4.78, 5) is 10.0. The predicted molar refractivity (Wildman–Crippen MR) is 40.9 cm³/mol. The summed E-state index contributed by atoms with van der Waals surface area (Å²) in [7, 11) is 0. The Bertz CT molecular complexity index is 102. The monoisotopic (exact) mass is 319 g/mol. The molecule has 0 saturated heterocycles. The second-order valence-electron chi connectivity index (χ2n) is 3.03. The Labute approximate surface area is 97.6 Å². The van der Waals surface area contributed by atoms with E-state index < -0.39 is 5.97 Å². The van der Waals surface area contributed by atoms with E-state index >= 15 is 0 Å². The normalized spacial score (nSPS) is 9.36. The van der Waals surface area contributed by atoms with E-state index in [0.717, 1.165) is 19.3 Å². The minimum atomic E-state index is -0.677. The van der Waals surface area contributed by atoms with E-state index in [0.29, 0.717) is 12.3 Å². The maximum Gasteiger partial charge on any atom is 0.303 e. The maximum absolute atomic E-state index is 10.0. The average molecular weight is 319 g/mol. The first-order valence-electron chi connectivity index (χ1n) is 3.84. The van der Waals surface area contributed by atoms with Crippen LogP contribution in [0.4, 0.5) is 0 Å². The van der Waals surface area contributed by atoms with Crippen LogP contribution in [0.1, 0.15) is 39.5 Å². The molecule has 0 spiro atoms. The number of carbonyl (C=O) groups is 1.